The molecule has 0 fully saturated rings. The van der Waals surface area contributed by atoms with Crippen molar-refractivity contribution in [1.82, 2.24) is 4.98 Å². The fourth-order valence-corrected chi connectivity index (χ4v) is 2.22. The fourth-order valence-electron chi connectivity index (χ4n) is 1.33. The molecule has 0 spiro atoms. The van der Waals surface area contributed by atoms with Gasteiger partial charge in [-0.3, -0.25) is 0 Å². The molecule has 0 atom stereocenters. The van der Waals surface area contributed by atoms with Crippen molar-refractivity contribution in [2.45, 2.75) is 13.5 Å². The zero-order chi connectivity index (χ0) is 11.5. The minimum atomic E-state index is -0.245. The van der Waals surface area contributed by atoms with Gasteiger partial charge >= 0.3 is 0 Å². The van der Waals surface area contributed by atoms with Crippen LogP contribution in [0.15, 0.2) is 24.4 Å². The van der Waals surface area contributed by atoms with Crippen molar-refractivity contribution in [3.05, 3.63) is 45.1 Å². The van der Waals surface area contributed by atoms with Crippen molar-refractivity contribution < 1.29 is 4.39 Å². The van der Waals surface area contributed by atoms with Crippen molar-refractivity contribution in [3.8, 4) is 0 Å². The van der Waals surface area contributed by atoms with Crippen molar-refractivity contribution in [3.63, 3.8) is 0 Å². The number of thiazole rings is 1. The molecule has 1 N–H and O–H groups in total. The summed E-state index contributed by atoms with van der Waals surface area (Å²) in [6.07, 6.45) is 1.61. The van der Waals surface area contributed by atoms with Crippen LogP contribution in [0, 0.1) is 12.7 Å². The van der Waals surface area contributed by atoms with Gasteiger partial charge in [-0.2, -0.15) is 0 Å². The predicted molar refractivity (Wildman–Crippen MR) is 65.6 cm³/mol. The van der Waals surface area contributed by atoms with Gasteiger partial charge in [0.15, 0.2) is 0 Å². The summed E-state index contributed by atoms with van der Waals surface area (Å²) >= 11 is 7.18. The van der Waals surface area contributed by atoms with Crippen molar-refractivity contribution in [2.24, 2.45) is 0 Å². The minimum absolute atomic E-state index is 0.245. The Kier molecular flexibility index (Phi) is 3.41. The molecule has 0 bridgehead atoms. The Morgan fingerprint density at radius 3 is 3.00 bits per heavy atom. The van der Waals surface area contributed by atoms with E-state index in [2.05, 4.69) is 10.3 Å². The van der Waals surface area contributed by atoms with E-state index in [1.807, 2.05) is 6.92 Å². The highest BCUT2D eigenvalue weighted by atomic mass is 35.5. The smallest absolute Gasteiger partial charge is 0.125 e. The summed E-state index contributed by atoms with van der Waals surface area (Å²) in [7, 11) is 0. The molecule has 0 aliphatic heterocycles. The maximum Gasteiger partial charge on any atom is 0.125 e. The Morgan fingerprint density at radius 1 is 1.50 bits per heavy atom. The van der Waals surface area contributed by atoms with E-state index < -0.39 is 0 Å². The predicted octanol–water partition coefficient (Wildman–Crippen LogP) is 3.86. The molecule has 2 rings (SSSR count). The number of anilines is 1. The molecule has 5 heteroatoms. The van der Waals surface area contributed by atoms with Crippen molar-refractivity contribution >= 4 is 28.6 Å². The van der Waals surface area contributed by atoms with E-state index in [1.54, 1.807) is 12.3 Å². The Balaban J connectivity index is 2.07. The SMILES string of the molecule is Cc1ccc(F)cc1NCc1ncc(Cl)s1. The third kappa shape index (κ3) is 2.71. The lowest BCUT2D eigenvalue weighted by Crippen LogP contribution is -2.00. The molecule has 0 aliphatic carbocycles. The molecule has 16 heavy (non-hydrogen) atoms. The van der Waals surface area contributed by atoms with E-state index in [9.17, 15) is 4.39 Å². The van der Waals surface area contributed by atoms with Gasteiger partial charge in [0.1, 0.15) is 15.2 Å². The first-order valence-electron chi connectivity index (χ1n) is 4.75. The second-order valence-corrected chi connectivity index (χ2v) is 5.12. The highest BCUT2D eigenvalue weighted by Crippen LogP contribution is 2.21. The van der Waals surface area contributed by atoms with E-state index >= 15 is 0 Å². The van der Waals surface area contributed by atoms with Crippen LogP contribution in [0.4, 0.5) is 10.1 Å². The number of aryl methyl sites for hydroxylation is 1. The Bertz CT molecular complexity index is 498. The lowest BCUT2D eigenvalue weighted by molar-refractivity contribution is 0.628. The zero-order valence-electron chi connectivity index (χ0n) is 8.63. The maximum atomic E-state index is 13.0. The monoisotopic (exact) mass is 256 g/mol. The molecule has 0 saturated heterocycles. The van der Waals surface area contributed by atoms with Crippen LogP contribution in [0.1, 0.15) is 10.6 Å². The lowest BCUT2D eigenvalue weighted by Gasteiger charge is -2.07. The molecule has 1 heterocycles. The van der Waals surface area contributed by atoms with E-state index in [1.165, 1.54) is 23.5 Å². The van der Waals surface area contributed by atoms with Gasteiger partial charge in [-0.15, -0.1) is 11.3 Å². The minimum Gasteiger partial charge on any atom is -0.378 e. The van der Waals surface area contributed by atoms with Gasteiger partial charge in [-0.1, -0.05) is 17.7 Å². The second kappa shape index (κ2) is 4.80. The standard InChI is InChI=1S/C11H10ClFN2S/c1-7-2-3-8(13)4-9(7)14-6-11-15-5-10(12)16-11/h2-5,14H,6H2,1H3. The first-order chi connectivity index (χ1) is 7.65. The van der Waals surface area contributed by atoms with E-state index in [0.29, 0.717) is 10.9 Å². The number of aromatic nitrogens is 1. The molecule has 1 aromatic carbocycles. The maximum absolute atomic E-state index is 13.0. The third-order valence-electron chi connectivity index (χ3n) is 2.16. The summed E-state index contributed by atoms with van der Waals surface area (Å²) in [5.41, 5.74) is 1.79. The molecular weight excluding hydrogens is 247 g/mol. The molecule has 2 aromatic rings. The van der Waals surface area contributed by atoms with Crippen LogP contribution in [0.2, 0.25) is 4.34 Å². The normalized spacial score (nSPS) is 10.4. The van der Waals surface area contributed by atoms with Gasteiger partial charge in [-0.25, -0.2) is 9.37 Å². The van der Waals surface area contributed by atoms with Gasteiger partial charge in [0.2, 0.25) is 0 Å². The summed E-state index contributed by atoms with van der Waals surface area (Å²) in [4.78, 5) is 4.11. The average molecular weight is 257 g/mol. The van der Waals surface area contributed by atoms with Crippen molar-refractivity contribution in [2.75, 3.05) is 5.32 Å². The van der Waals surface area contributed by atoms with E-state index in [0.717, 1.165) is 16.3 Å². The van der Waals surface area contributed by atoms with Crippen LogP contribution in [0.5, 0.6) is 0 Å². The van der Waals surface area contributed by atoms with Gasteiger partial charge in [0.25, 0.3) is 0 Å². The third-order valence-corrected chi connectivity index (χ3v) is 3.27. The van der Waals surface area contributed by atoms with Crippen LogP contribution in [-0.4, -0.2) is 4.98 Å². The number of nitrogens with one attached hydrogen (secondary N) is 1. The van der Waals surface area contributed by atoms with Crippen LogP contribution in [0.3, 0.4) is 0 Å². The number of rotatable bonds is 3. The lowest BCUT2D eigenvalue weighted by atomic mass is 10.2. The van der Waals surface area contributed by atoms with Crippen LogP contribution >= 0.6 is 22.9 Å². The summed E-state index contributed by atoms with van der Waals surface area (Å²) in [5.74, 6) is -0.245. The number of nitrogens with zero attached hydrogens (tertiary/aromatic N) is 1. The molecule has 1 aromatic heterocycles. The fraction of sp³-hybridized carbons (Fsp3) is 0.182. The summed E-state index contributed by atoms with van der Waals surface area (Å²) in [6, 6.07) is 4.66. The van der Waals surface area contributed by atoms with Gasteiger partial charge in [0.05, 0.1) is 12.7 Å². The van der Waals surface area contributed by atoms with Gasteiger partial charge < -0.3 is 5.32 Å². The van der Waals surface area contributed by atoms with E-state index in [-0.39, 0.29) is 5.82 Å². The molecule has 0 radical (unpaired) electrons. The Morgan fingerprint density at radius 2 is 2.31 bits per heavy atom. The Labute approximate surface area is 102 Å². The number of benzene rings is 1. The summed E-state index contributed by atoms with van der Waals surface area (Å²) < 4.78 is 13.7. The number of halogens is 2. The van der Waals surface area contributed by atoms with Crippen LogP contribution < -0.4 is 5.32 Å². The molecular formula is C11H10ClFN2S. The molecule has 0 saturated carbocycles. The van der Waals surface area contributed by atoms with Crippen LogP contribution in [0.25, 0.3) is 0 Å². The van der Waals surface area contributed by atoms with Crippen molar-refractivity contribution in [1.29, 1.82) is 0 Å². The molecule has 84 valence electrons. The number of hydrogen-bond acceptors (Lipinski definition) is 3. The summed E-state index contributed by atoms with van der Waals surface area (Å²) in [5, 5.41) is 4.02. The first-order valence-corrected chi connectivity index (χ1v) is 5.95. The average Bonchev–Trinajstić information content (AvgIpc) is 2.66. The highest BCUT2D eigenvalue weighted by molar-refractivity contribution is 7.15. The van der Waals surface area contributed by atoms with Gasteiger partial charge in [0, 0.05) is 5.69 Å². The summed E-state index contributed by atoms with van der Waals surface area (Å²) in [6.45, 7) is 2.48. The highest BCUT2D eigenvalue weighted by Gasteiger charge is 2.02. The largest absolute Gasteiger partial charge is 0.378 e. The van der Waals surface area contributed by atoms with E-state index in [4.69, 9.17) is 11.6 Å². The topological polar surface area (TPSA) is 24.9 Å². The second-order valence-electron chi connectivity index (χ2n) is 3.37. The quantitative estimate of drug-likeness (QED) is 0.902. The van der Waals surface area contributed by atoms with Gasteiger partial charge in [-0.05, 0) is 24.6 Å². The molecule has 0 unspecified atom stereocenters. The first kappa shape index (κ1) is 11.4. The molecule has 2 nitrogen and oxygen atoms in total. The van der Waals surface area contributed by atoms with Crippen LogP contribution in [-0.2, 0) is 6.54 Å². The Hall–Kier alpha value is -1.13. The zero-order valence-corrected chi connectivity index (χ0v) is 10.2. The molecule has 0 aliphatic rings. The molecule has 0 amide bonds. The number of hydrogen-bond donors (Lipinski definition) is 1.